The van der Waals surface area contributed by atoms with E-state index in [4.69, 9.17) is 4.74 Å². The van der Waals surface area contributed by atoms with Crippen molar-refractivity contribution in [1.82, 2.24) is 20.4 Å². The molecule has 21 heavy (non-hydrogen) atoms. The standard InChI is InChI=1S/C15H28N4O2/c1-11(18-14(20)21-15(3,4)5)7-8-16-9-13-10-17-19(6)12(13)2/h10-11,16H,7-9H2,1-6H3,(H,18,20). The largest absolute Gasteiger partial charge is 0.444 e. The van der Waals surface area contributed by atoms with Gasteiger partial charge in [0.2, 0.25) is 0 Å². The molecule has 1 amide bonds. The lowest BCUT2D eigenvalue weighted by Crippen LogP contribution is -2.38. The maximum Gasteiger partial charge on any atom is 0.407 e. The van der Waals surface area contributed by atoms with Crippen LogP contribution in [0.25, 0.3) is 0 Å². The van der Waals surface area contributed by atoms with Gasteiger partial charge in [0, 0.05) is 30.9 Å². The van der Waals surface area contributed by atoms with E-state index < -0.39 is 5.60 Å². The van der Waals surface area contributed by atoms with Crippen molar-refractivity contribution in [3.05, 3.63) is 17.5 Å². The third-order valence-electron chi connectivity index (χ3n) is 3.17. The molecule has 0 aliphatic rings. The molecule has 1 rings (SSSR count). The van der Waals surface area contributed by atoms with Crippen molar-refractivity contribution in [1.29, 1.82) is 0 Å². The third kappa shape index (κ3) is 6.62. The molecule has 1 aromatic heterocycles. The molecular weight excluding hydrogens is 268 g/mol. The first-order chi connectivity index (χ1) is 9.69. The molecule has 0 spiro atoms. The number of alkyl carbamates (subject to hydrolysis) is 1. The van der Waals surface area contributed by atoms with Crippen molar-refractivity contribution in [2.24, 2.45) is 7.05 Å². The number of aryl methyl sites for hydroxylation is 1. The summed E-state index contributed by atoms with van der Waals surface area (Å²) in [4.78, 5) is 11.6. The number of hydrogen-bond donors (Lipinski definition) is 2. The summed E-state index contributed by atoms with van der Waals surface area (Å²) in [5, 5.41) is 10.4. The van der Waals surface area contributed by atoms with Gasteiger partial charge in [-0.15, -0.1) is 0 Å². The first kappa shape index (κ1) is 17.5. The zero-order valence-corrected chi connectivity index (χ0v) is 14.0. The fraction of sp³-hybridized carbons (Fsp3) is 0.733. The molecule has 2 N–H and O–H groups in total. The predicted molar refractivity (Wildman–Crippen MR) is 83.1 cm³/mol. The van der Waals surface area contributed by atoms with Gasteiger partial charge in [0.15, 0.2) is 0 Å². The molecular formula is C15H28N4O2. The highest BCUT2D eigenvalue weighted by Crippen LogP contribution is 2.07. The van der Waals surface area contributed by atoms with Crippen LogP contribution in [-0.4, -0.2) is 34.1 Å². The van der Waals surface area contributed by atoms with Gasteiger partial charge in [0.25, 0.3) is 0 Å². The van der Waals surface area contributed by atoms with Crippen LogP contribution in [0.1, 0.15) is 45.4 Å². The minimum atomic E-state index is -0.458. The molecule has 0 radical (unpaired) electrons. The van der Waals surface area contributed by atoms with Crippen molar-refractivity contribution in [3.63, 3.8) is 0 Å². The molecule has 0 bridgehead atoms. The van der Waals surface area contributed by atoms with Gasteiger partial charge in [-0.25, -0.2) is 4.79 Å². The Morgan fingerprint density at radius 1 is 1.48 bits per heavy atom. The molecule has 6 heteroatoms. The number of hydrogen-bond acceptors (Lipinski definition) is 4. The van der Waals surface area contributed by atoms with E-state index in [1.807, 2.05) is 45.6 Å². The summed E-state index contributed by atoms with van der Waals surface area (Å²) in [6, 6.07) is 0.0716. The van der Waals surface area contributed by atoms with Gasteiger partial charge in [-0.05, 0) is 47.6 Å². The summed E-state index contributed by atoms with van der Waals surface area (Å²) in [7, 11) is 1.94. The second kappa shape index (κ2) is 7.45. The number of amides is 1. The fourth-order valence-corrected chi connectivity index (χ4v) is 1.84. The summed E-state index contributed by atoms with van der Waals surface area (Å²) in [5.74, 6) is 0. The van der Waals surface area contributed by atoms with Crippen molar-refractivity contribution >= 4 is 6.09 Å². The lowest BCUT2D eigenvalue weighted by atomic mass is 10.2. The summed E-state index contributed by atoms with van der Waals surface area (Å²) in [6.07, 6.45) is 2.36. The van der Waals surface area contributed by atoms with E-state index in [9.17, 15) is 4.79 Å². The first-order valence-electron chi connectivity index (χ1n) is 7.37. The molecule has 1 atom stereocenters. The van der Waals surface area contributed by atoms with Gasteiger partial charge in [0.05, 0.1) is 6.20 Å². The highest BCUT2D eigenvalue weighted by molar-refractivity contribution is 5.67. The van der Waals surface area contributed by atoms with E-state index in [-0.39, 0.29) is 12.1 Å². The quantitative estimate of drug-likeness (QED) is 0.789. The Morgan fingerprint density at radius 2 is 2.14 bits per heavy atom. The molecule has 0 aliphatic carbocycles. The van der Waals surface area contributed by atoms with Crippen molar-refractivity contribution < 1.29 is 9.53 Å². The predicted octanol–water partition coefficient (Wildman–Crippen LogP) is 2.12. The smallest absolute Gasteiger partial charge is 0.407 e. The monoisotopic (exact) mass is 296 g/mol. The number of carbonyl (C=O) groups is 1. The second-order valence-electron chi connectivity index (χ2n) is 6.39. The molecule has 1 unspecified atom stereocenters. The Kier molecular flexibility index (Phi) is 6.20. The van der Waals surface area contributed by atoms with Gasteiger partial charge >= 0.3 is 6.09 Å². The van der Waals surface area contributed by atoms with Gasteiger partial charge in [-0.1, -0.05) is 0 Å². The summed E-state index contributed by atoms with van der Waals surface area (Å²) >= 11 is 0. The highest BCUT2D eigenvalue weighted by atomic mass is 16.6. The molecule has 0 saturated carbocycles. The zero-order valence-electron chi connectivity index (χ0n) is 14.0. The molecule has 6 nitrogen and oxygen atoms in total. The van der Waals surface area contributed by atoms with Gasteiger partial charge < -0.3 is 15.4 Å². The van der Waals surface area contributed by atoms with Crippen LogP contribution in [0, 0.1) is 6.92 Å². The number of ether oxygens (including phenoxy) is 1. The zero-order chi connectivity index (χ0) is 16.0. The molecule has 1 heterocycles. The Morgan fingerprint density at radius 3 is 2.67 bits per heavy atom. The van der Waals surface area contributed by atoms with Crippen LogP contribution in [0.5, 0.6) is 0 Å². The van der Waals surface area contributed by atoms with Crippen molar-refractivity contribution in [3.8, 4) is 0 Å². The fourth-order valence-electron chi connectivity index (χ4n) is 1.84. The van der Waals surface area contributed by atoms with Crippen LogP contribution < -0.4 is 10.6 Å². The molecule has 1 aromatic rings. The maximum atomic E-state index is 11.6. The lowest BCUT2D eigenvalue weighted by molar-refractivity contribution is 0.0506. The van der Waals surface area contributed by atoms with Gasteiger partial charge in [0.1, 0.15) is 5.60 Å². The Balaban J connectivity index is 2.20. The average molecular weight is 296 g/mol. The van der Waals surface area contributed by atoms with Crippen LogP contribution >= 0.6 is 0 Å². The maximum absolute atomic E-state index is 11.6. The Labute approximate surface area is 127 Å². The van der Waals surface area contributed by atoms with Gasteiger partial charge in [-0.2, -0.15) is 5.10 Å². The van der Waals surface area contributed by atoms with Crippen LogP contribution in [-0.2, 0) is 18.3 Å². The SMILES string of the molecule is Cc1c(CNCCC(C)NC(=O)OC(C)(C)C)cnn1C. The third-order valence-corrected chi connectivity index (χ3v) is 3.17. The van der Waals surface area contributed by atoms with Crippen molar-refractivity contribution in [2.45, 2.75) is 59.2 Å². The summed E-state index contributed by atoms with van der Waals surface area (Å²) in [6.45, 7) is 11.2. The highest BCUT2D eigenvalue weighted by Gasteiger charge is 2.17. The van der Waals surface area contributed by atoms with Crippen LogP contribution in [0.3, 0.4) is 0 Å². The number of nitrogens with one attached hydrogen (secondary N) is 2. The lowest BCUT2D eigenvalue weighted by Gasteiger charge is -2.22. The molecule has 0 aliphatic heterocycles. The number of aromatic nitrogens is 2. The van der Waals surface area contributed by atoms with Crippen LogP contribution in [0.4, 0.5) is 4.79 Å². The molecule has 0 fully saturated rings. The van der Waals surface area contributed by atoms with Crippen molar-refractivity contribution in [2.75, 3.05) is 6.54 Å². The first-order valence-corrected chi connectivity index (χ1v) is 7.37. The van der Waals surface area contributed by atoms with E-state index in [2.05, 4.69) is 22.7 Å². The van der Waals surface area contributed by atoms with E-state index in [0.29, 0.717) is 0 Å². The minimum absolute atomic E-state index is 0.0716. The molecule has 0 saturated heterocycles. The normalized spacial score (nSPS) is 13.0. The minimum Gasteiger partial charge on any atom is -0.444 e. The topological polar surface area (TPSA) is 68.2 Å². The summed E-state index contributed by atoms with van der Waals surface area (Å²) in [5.41, 5.74) is 1.91. The van der Waals surface area contributed by atoms with E-state index in [1.54, 1.807) is 0 Å². The van der Waals surface area contributed by atoms with E-state index in [0.717, 1.165) is 19.5 Å². The van der Waals surface area contributed by atoms with Crippen LogP contribution in [0.2, 0.25) is 0 Å². The Bertz CT molecular complexity index is 463. The average Bonchev–Trinajstić information content (AvgIpc) is 2.63. The van der Waals surface area contributed by atoms with E-state index >= 15 is 0 Å². The van der Waals surface area contributed by atoms with E-state index in [1.165, 1.54) is 11.3 Å². The Hall–Kier alpha value is -1.56. The molecule has 120 valence electrons. The van der Waals surface area contributed by atoms with Gasteiger partial charge in [-0.3, -0.25) is 4.68 Å². The number of carbonyl (C=O) groups excluding carboxylic acids is 1. The summed E-state index contributed by atoms with van der Waals surface area (Å²) < 4.78 is 7.09. The van der Waals surface area contributed by atoms with Crippen LogP contribution in [0.15, 0.2) is 6.20 Å². The molecule has 0 aromatic carbocycles. The number of nitrogens with zero attached hydrogens (tertiary/aromatic N) is 2. The number of rotatable bonds is 6. The second-order valence-corrected chi connectivity index (χ2v) is 6.39.